The lowest BCUT2D eigenvalue weighted by atomic mass is 10.1. The summed E-state index contributed by atoms with van der Waals surface area (Å²) in [6, 6.07) is 8.37. The van der Waals surface area contributed by atoms with Gasteiger partial charge in [0.15, 0.2) is 0 Å². The maximum Gasteiger partial charge on any atom is 0.323 e. The van der Waals surface area contributed by atoms with Crippen LogP contribution in [-0.2, 0) is 22.6 Å². The molecule has 2 rings (SSSR count). The van der Waals surface area contributed by atoms with Crippen LogP contribution in [0.2, 0.25) is 0 Å². The van der Waals surface area contributed by atoms with Gasteiger partial charge < -0.3 is 10.1 Å². The van der Waals surface area contributed by atoms with E-state index in [0.717, 1.165) is 39.0 Å². The molecule has 0 saturated heterocycles. The van der Waals surface area contributed by atoms with E-state index in [-0.39, 0.29) is 12.0 Å². The van der Waals surface area contributed by atoms with E-state index < -0.39 is 0 Å². The van der Waals surface area contributed by atoms with Crippen LogP contribution in [0.25, 0.3) is 0 Å². The molecule has 1 aliphatic heterocycles. The standard InChI is InChI=1S/C17H26N2O2/c1-3-10-18-16(17(20)21-4-2)9-11-19-12-14-7-5-6-8-15(14)13-19/h5-8,16,18H,3-4,9-13H2,1-2H3. The van der Waals surface area contributed by atoms with Gasteiger partial charge in [0.05, 0.1) is 6.61 Å². The summed E-state index contributed by atoms with van der Waals surface area (Å²) in [6.07, 6.45) is 1.82. The van der Waals surface area contributed by atoms with Gasteiger partial charge >= 0.3 is 5.97 Å². The number of hydrogen-bond donors (Lipinski definition) is 1. The molecule has 0 spiro atoms. The summed E-state index contributed by atoms with van der Waals surface area (Å²) >= 11 is 0. The molecular formula is C17H26N2O2. The maximum absolute atomic E-state index is 12.0. The number of carbonyl (C=O) groups is 1. The van der Waals surface area contributed by atoms with Crippen LogP contribution in [0.15, 0.2) is 24.3 Å². The quantitative estimate of drug-likeness (QED) is 0.746. The Morgan fingerprint density at radius 1 is 1.29 bits per heavy atom. The van der Waals surface area contributed by atoms with Crippen LogP contribution < -0.4 is 5.32 Å². The molecule has 1 heterocycles. The number of nitrogens with one attached hydrogen (secondary N) is 1. The lowest BCUT2D eigenvalue weighted by Gasteiger charge is -2.20. The highest BCUT2D eigenvalue weighted by Gasteiger charge is 2.23. The third-order valence-corrected chi connectivity index (χ3v) is 3.85. The minimum absolute atomic E-state index is 0.123. The molecule has 1 atom stereocenters. The average molecular weight is 290 g/mol. The smallest absolute Gasteiger partial charge is 0.323 e. The fourth-order valence-electron chi connectivity index (χ4n) is 2.74. The van der Waals surface area contributed by atoms with E-state index >= 15 is 0 Å². The molecule has 4 nitrogen and oxygen atoms in total. The molecule has 0 bridgehead atoms. The molecule has 0 aliphatic carbocycles. The Morgan fingerprint density at radius 3 is 2.52 bits per heavy atom. The van der Waals surface area contributed by atoms with Crippen molar-refractivity contribution in [2.45, 2.75) is 45.8 Å². The Balaban J connectivity index is 1.83. The molecule has 1 unspecified atom stereocenters. The number of hydrogen-bond acceptors (Lipinski definition) is 4. The Kier molecular flexibility index (Phi) is 6.21. The molecule has 1 aromatic rings. The molecule has 4 heteroatoms. The van der Waals surface area contributed by atoms with Crippen LogP contribution in [0.1, 0.15) is 37.8 Å². The van der Waals surface area contributed by atoms with E-state index in [9.17, 15) is 4.79 Å². The van der Waals surface area contributed by atoms with Crippen molar-refractivity contribution >= 4 is 5.97 Å². The molecule has 1 aliphatic rings. The second-order valence-corrected chi connectivity index (χ2v) is 5.53. The number of fused-ring (bicyclic) bond motifs is 1. The van der Waals surface area contributed by atoms with E-state index in [0.29, 0.717) is 6.61 Å². The Morgan fingerprint density at radius 2 is 1.95 bits per heavy atom. The van der Waals surface area contributed by atoms with E-state index in [1.807, 2.05) is 6.92 Å². The molecule has 0 amide bonds. The summed E-state index contributed by atoms with van der Waals surface area (Å²) in [5, 5.41) is 3.30. The zero-order valence-corrected chi connectivity index (χ0v) is 13.1. The summed E-state index contributed by atoms with van der Waals surface area (Å²) in [5.74, 6) is -0.123. The predicted molar refractivity (Wildman–Crippen MR) is 83.9 cm³/mol. The molecular weight excluding hydrogens is 264 g/mol. The fraction of sp³-hybridized carbons (Fsp3) is 0.588. The van der Waals surface area contributed by atoms with Crippen molar-refractivity contribution in [2.24, 2.45) is 0 Å². The maximum atomic E-state index is 12.0. The highest BCUT2D eigenvalue weighted by atomic mass is 16.5. The minimum atomic E-state index is -0.186. The zero-order chi connectivity index (χ0) is 15.1. The Hall–Kier alpha value is -1.39. The van der Waals surface area contributed by atoms with E-state index in [2.05, 4.69) is 41.4 Å². The van der Waals surface area contributed by atoms with Crippen molar-refractivity contribution in [1.29, 1.82) is 0 Å². The van der Waals surface area contributed by atoms with Gasteiger partial charge in [-0.05, 0) is 37.4 Å². The first-order chi connectivity index (χ1) is 10.2. The van der Waals surface area contributed by atoms with Gasteiger partial charge in [0, 0.05) is 19.6 Å². The minimum Gasteiger partial charge on any atom is -0.465 e. The van der Waals surface area contributed by atoms with Crippen LogP contribution in [-0.4, -0.2) is 36.6 Å². The third kappa shape index (κ3) is 4.55. The van der Waals surface area contributed by atoms with E-state index in [4.69, 9.17) is 4.74 Å². The van der Waals surface area contributed by atoms with Gasteiger partial charge in [-0.3, -0.25) is 9.69 Å². The summed E-state index contributed by atoms with van der Waals surface area (Å²) < 4.78 is 5.16. The summed E-state index contributed by atoms with van der Waals surface area (Å²) in [6.45, 7) is 8.13. The van der Waals surface area contributed by atoms with Crippen LogP contribution >= 0.6 is 0 Å². The average Bonchev–Trinajstić information content (AvgIpc) is 2.90. The van der Waals surface area contributed by atoms with Crippen molar-refractivity contribution < 1.29 is 9.53 Å². The van der Waals surface area contributed by atoms with Gasteiger partial charge in [0.1, 0.15) is 6.04 Å². The van der Waals surface area contributed by atoms with Gasteiger partial charge in [0.2, 0.25) is 0 Å². The van der Waals surface area contributed by atoms with Gasteiger partial charge in [-0.2, -0.15) is 0 Å². The fourth-order valence-corrected chi connectivity index (χ4v) is 2.74. The lowest BCUT2D eigenvalue weighted by molar-refractivity contribution is -0.145. The van der Waals surface area contributed by atoms with Crippen molar-refractivity contribution in [3.63, 3.8) is 0 Å². The Bertz CT molecular complexity index is 437. The summed E-state index contributed by atoms with van der Waals surface area (Å²) in [4.78, 5) is 14.4. The number of benzene rings is 1. The lowest BCUT2D eigenvalue weighted by Crippen LogP contribution is -2.40. The monoisotopic (exact) mass is 290 g/mol. The summed E-state index contributed by atoms with van der Waals surface area (Å²) in [5.41, 5.74) is 2.82. The van der Waals surface area contributed by atoms with Crippen molar-refractivity contribution in [1.82, 2.24) is 10.2 Å². The van der Waals surface area contributed by atoms with E-state index in [1.54, 1.807) is 0 Å². The largest absolute Gasteiger partial charge is 0.465 e. The first-order valence-corrected chi connectivity index (χ1v) is 7.93. The van der Waals surface area contributed by atoms with Crippen molar-refractivity contribution in [2.75, 3.05) is 19.7 Å². The molecule has 1 aromatic carbocycles. The highest BCUT2D eigenvalue weighted by Crippen LogP contribution is 2.22. The van der Waals surface area contributed by atoms with Gasteiger partial charge in [0.25, 0.3) is 0 Å². The van der Waals surface area contributed by atoms with Crippen molar-refractivity contribution in [3.05, 3.63) is 35.4 Å². The summed E-state index contributed by atoms with van der Waals surface area (Å²) in [7, 11) is 0. The molecule has 0 radical (unpaired) electrons. The molecule has 1 N–H and O–H groups in total. The number of ether oxygens (including phenoxy) is 1. The third-order valence-electron chi connectivity index (χ3n) is 3.85. The topological polar surface area (TPSA) is 41.6 Å². The zero-order valence-electron chi connectivity index (χ0n) is 13.1. The van der Waals surface area contributed by atoms with Crippen molar-refractivity contribution in [3.8, 4) is 0 Å². The molecule has 0 aromatic heterocycles. The number of nitrogens with zero attached hydrogens (tertiary/aromatic N) is 1. The second-order valence-electron chi connectivity index (χ2n) is 5.53. The molecule has 0 saturated carbocycles. The first-order valence-electron chi connectivity index (χ1n) is 7.93. The number of esters is 1. The highest BCUT2D eigenvalue weighted by molar-refractivity contribution is 5.75. The molecule has 116 valence electrons. The van der Waals surface area contributed by atoms with Gasteiger partial charge in [-0.15, -0.1) is 0 Å². The van der Waals surface area contributed by atoms with E-state index in [1.165, 1.54) is 11.1 Å². The molecule has 0 fully saturated rings. The first kappa shape index (κ1) is 16.0. The number of rotatable bonds is 8. The van der Waals surface area contributed by atoms with Crippen LogP contribution in [0, 0.1) is 0 Å². The van der Waals surface area contributed by atoms with Crippen LogP contribution in [0.4, 0.5) is 0 Å². The normalized spacial score (nSPS) is 15.7. The second kappa shape index (κ2) is 8.15. The SMILES string of the molecule is CCCNC(CCN1Cc2ccccc2C1)C(=O)OCC. The predicted octanol–water partition coefficient (Wildman–Crippen LogP) is 2.32. The van der Waals surface area contributed by atoms with Crippen LogP contribution in [0.5, 0.6) is 0 Å². The Labute approximate surface area is 127 Å². The van der Waals surface area contributed by atoms with Gasteiger partial charge in [-0.1, -0.05) is 31.2 Å². The van der Waals surface area contributed by atoms with Gasteiger partial charge in [-0.25, -0.2) is 0 Å². The van der Waals surface area contributed by atoms with Crippen LogP contribution in [0.3, 0.4) is 0 Å². The molecule has 21 heavy (non-hydrogen) atoms. The number of carbonyl (C=O) groups excluding carboxylic acids is 1.